The minimum atomic E-state index is -0.114. The zero-order valence-electron chi connectivity index (χ0n) is 22.0. The van der Waals surface area contributed by atoms with Crippen molar-refractivity contribution in [2.75, 3.05) is 17.3 Å². The highest BCUT2D eigenvalue weighted by Gasteiger charge is 2.42. The summed E-state index contributed by atoms with van der Waals surface area (Å²) in [4.78, 5) is 18.9. The van der Waals surface area contributed by atoms with Crippen LogP contribution in [0.5, 0.6) is 5.75 Å². The van der Waals surface area contributed by atoms with Gasteiger partial charge in [-0.25, -0.2) is 0 Å². The molecular formula is C29H35N5O2S. The van der Waals surface area contributed by atoms with Crippen molar-refractivity contribution < 1.29 is 9.53 Å². The average molecular weight is 518 g/mol. The SMILES string of the molecule is CCC(=O)Nc1ccc(N2C(=S)N[C@H](c3ccccn3)[C@H]2c2cc(C)n(C3CCCC3)c2C)cc1OC. The van der Waals surface area contributed by atoms with Gasteiger partial charge in [-0.3, -0.25) is 9.78 Å². The summed E-state index contributed by atoms with van der Waals surface area (Å²) in [7, 11) is 1.62. The highest BCUT2D eigenvalue weighted by atomic mass is 32.1. The first-order valence-electron chi connectivity index (χ1n) is 13.1. The molecule has 0 radical (unpaired) electrons. The first-order chi connectivity index (χ1) is 17.9. The topological polar surface area (TPSA) is 71.4 Å². The standard InChI is InChI=1S/C29H35N5O2S/c1-5-26(35)31-23-14-13-21(17-25(23)36-4)34-28(27(32-29(34)37)24-12-8-9-15-30-24)22-16-18(2)33(19(22)3)20-10-6-7-11-20/h8-9,12-17,20,27-28H,5-7,10-11H2,1-4H3,(H,31,35)(H,32,37)/t27-,28-/m1/s1. The van der Waals surface area contributed by atoms with Crippen molar-refractivity contribution in [3.05, 3.63) is 71.3 Å². The highest BCUT2D eigenvalue weighted by molar-refractivity contribution is 7.80. The van der Waals surface area contributed by atoms with Gasteiger partial charge in [0.05, 0.1) is 30.6 Å². The zero-order chi connectivity index (χ0) is 26.1. The molecule has 0 unspecified atom stereocenters. The van der Waals surface area contributed by atoms with Crippen LogP contribution in [0.15, 0.2) is 48.7 Å². The van der Waals surface area contributed by atoms with E-state index in [0.29, 0.717) is 29.0 Å². The van der Waals surface area contributed by atoms with Gasteiger partial charge in [0.15, 0.2) is 5.11 Å². The number of amides is 1. The van der Waals surface area contributed by atoms with Crippen molar-refractivity contribution in [3.8, 4) is 5.75 Å². The van der Waals surface area contributed by atoms with Crippen molar-refractivity contribution in [1.29, 1.82) is 0 Å². The third-order valence-electron chi connectivity index (χ3n) is 7.69. The maximum absolute atomic E-state index is 12.0. The van der Waals surface area contributed by atoms with Crippen molar-refractivity contribution in [1.82, 2.24) is 14.9 Å². The maximum Gasteiger partial charge on any atom is 0.224 e. The fourth-order valence-corrected chi connectivity index (χ4v) is 6.29. The number of hydrogen-bond donors (Lipinski definition) is 2. The molecule has 3 heterocycles. The van der Waals surface area contributed by atoms with Crippen molar-refractivity contribution in [2.24, 2.45) is 0 Å². The molecule has 1 aliphatic carbocycles. The number of thiocarbonyl (C=S) groups is 1. The van der Waals surface area contributed by atoms with E-state index in [2.05, 4.69) is 46.1 Å². The largest absolute Gasteiger partial charge is 0.494 e. The number of nitrogens with zero attached hydrogens (tertiary/aromatic N) is 3. The summed E-state index contributed by atoms with van der Waals surface area (Å²) >= 11 is 5.94. The lowest BCUT2D eigenvalue weighted by molar-refractivity contribution is -0.115. The second-order valence-corrected chi connectivity index (χ2v) is 10.3. The molecule has 0 bridgehead atoms. The number of carbonyl (C=O) groups is 1. The fraction of sp³-hybridized carbons (Fsp3) is 0.414. The molecule has 194 valence electrons. The highest BCUT2D eigenvalue weighted by Crippen LogP contribution is 2.46. The second-order valence-electron chi connectivity index (χ2n) is 9.92. The summed E-state index contributed by atoms with van der Waals surface area (Å²) < 4.78 is 8.20. The van der Waals surface area contributed by atoms with Gasteiger partial charge >= 0.3 is 0 Å². The Kier molecular flexibility index (Phi) is 7.20. The Labute approximate surface area is 224 Å². The van der Waals surface area contributed by atoms with E-state index in [1.807, 2.05) is 43.5 Å². The molecule has 2 N–H and O–H groups in total. The summed E-state index contributed by atoms with van der Waals surface area (Å²) in [5.41, 5.74) is 6.31. The minimum Gasteiger partial charge on any atom is -0.494 e. The maximum atomic E-state index is 12.0. The molecule has 5 rings (SSSR count). The van der Waals surface area contributed by atoms with E-state index in [1.54, 1.807) is 7.11 Å². The quantitative estimate of drug-likeness (QED) is 0.366. The number of anilines is 2. The van der Waals surface area contributed by atoms with Crippen LogP contribution < -0.4 is 20.3 Å². The lowest BCUT2D eigenvalue weighted by Gasteiger charge is -2.29. The van der Waals surface area contributed by atoms with Crippen molar-refractivity contribution in [3.63, 3.8) is 0 Å². The Morgan fingerprint density at radius 3 is 2.65 bits per heavy atom. The van der Waals surface area contributed by atoms with Gasteiger partial charge in [0.25, 0.3) is 0 Å². The van der Waals surface area contributed by atoms with Crippen LogP contribution in [-0.2, 0) is 4.79 Å². The molecule has 1 saturated carbocycles. The summed E-state index contributed by atoms with van der Waals surface area (Å²) in [5, 5.41) is 7.12. The average Bonchev–Trinajstić information content (AvgIpc) is 3.62. The number of rotatable bonds is 7. The smallest absolute Gasteiger partial charge is 0.224 e. The molecule has 2 aromatic heterocycles. The lowest BCUT2D eigenvalue weighted by atomic mass is 9.96. The van der Waals surface area contributed by atoms with E-state index in [4.69, 9.17) is 21.9 Å². The molecule has 3 aromatic rings. The van der Waals surface area contributed by atoms with Crippen molar-refractivity contribution in [2.45, 2.75) is 71.0 Å². The van der Waals surface area contributed by atoms with Crippen LogP contribution in [0.25, 0.3) is 0 Å². The van der Waals surface area contributed by atoms with Crippen LogP contribution in [0.2, 0.25) is 0 Å². The van der Waals surface area contributed by atoms with E-state index in [0.717, 1.165) is 11.4 Å². The van der Waals surface area contributed by atoms with Gasteiger partial charge < -0.3 is 24.8 Å². The molecule has 0 spiro atoms. The van der Waals surface area contributed by atoms with Crippen LogP contribution >= 0.6 is 12.2 Å². The molecule has 2 fully saturated rings. The number of carbonyl (C=O) groups excluding carboxylic acids is 1. The third-order valence-corrected chi connectivity index (χ3v) is 8.00. The number of ether oxygens (including phenoxy) is 1. The Hall–Kier alpha value is -3.39. The van der Waals surface area contributed by atoms with Gasteiger partial charge in [0, 0.05) is 41.8 Å². The molecule has 1 saturated heterocycles. The Morgan fingerprint density at radius 1 is 1.19 bits per heavy atom. The molecule has 1 aliphatic heterocycles. The first kappa shape index (κ1) is 25.3. The van der Waals surface area contributed by atoms with Gasteiger partial charge in [0.2, 0.25) is 5.91 Å². The van der Waals surface area contributed by atoms with E-state index >= 15 is 0 Å². The van der Waals surface area contributed by atoms with Gasteiger partial charge in [-0.05, 0) is 74.8 Å². The zero-order valence-corrected chi connectivity index (χ0v) is 22.8. The van der Waals surface area contributed by atoms with Gasteiger partial charge in [-0.2, -0.15) is 0 Å². The summed E-state index contributed by atoms with van der Waals surface area (Å²) in [6.07, 6.45) is 7.26. The molecule has 2 aliphatic rings. The van der Waals surface area contributed by atoms with Gasteiger partial charge in [-0.1, -0.05) is 25.8 Å². The molecule has 2 atom stereocenters. The van der Waals surface area contributed by atoms with Gasteiger partial charge in [-0.15, -0.1) is 0 Å². The molecule has 1 aromatic carbocycles. The summed E-state index contributed by atoms with van der Waals surface area (Å²) in [5.74, 6) is 0.537. The van der Waals surface area contributed by atoms with E-state index in [1.165, 1.54) is 42.6 Å². The first-order valence-corrected chi connectivity index (χ1v) is 13.5. The normalized spacial score (nSPS) is 19.8. The number of pyridine rings is 1. The van der Waals surface area contributed by atoms with E-state index in [9.17, 15) is 4.79 Å². The van der Waals surface area contributed by atoms with E-state index in [-0.39, 0.29) is 18.0 Å². The van der Waals surface area contributed by atoms with E-state index < -0.39 is 0 Å². The molecule has 8 heteroatoms. The van der Waals surface area contributed by atoms with Crippen LogP contribution in [-0.4, -0.2) is 27.7 Å². The number of methoxy groups -OCH3 is 1. The van der Waals surface area contributed by atoms with Crippen LogP contribution in [0.4, 0.5) is 11.4 Å². The molecule has 1 amide bonds. The monoisotopic (exact) mass is 517 g/mol. The fourth-order valence-electron chi connectivity index (χ4n) is 5.95. The number of hydrogen-bond acceptors (Lipinski definition) is 4. The molecule has 7 nitrogen and oxygen atoms in total. The van der Waals surface area contributed by atoms with Crippen LogP contribution in [0.3, 0.4) is 0 Å². The molecular weight excluding hydrogens is 482 g/mol. The summed E-state index contributed by atoms with van der Waals surface area (Å²) in [6, 6.07) is 14.5. The van der Waals surface area contributed by atoms with Crippen LogP contribution in [0.1, 0.15) is 79.8 Å². The predicted octanol–water partition coefficient (Wildman–Crippen LogP) is 6.15. The number of aromatic nitrogens is 2. The number of aryl methyl sites for hydroxylation is 1. The second kappa shape index (κ2) is 10.5. The van der Waals surface area contributed by atoms with Crippen molar-refractivity contribution >= 4 is 34.6 Å². The predicted molar refractivity (Wildman–Crippen MR) is 151 cm³/mol. The lowest BCUT2D eigenvalue weighted by Crippen LogP contribution is -2.29. The Morgan fingerprint density at radius 2 is 1.97 bits per heavy atom. The Balaban J connectivity index is 1.61. The van der Waals surface area contributed by atoms with Crippen LogP contribution in [0, 0.1) is 13.8 Å². The Bertz CT molecular complexity index is 1300. The number of nitrogens with one attached hydrogen (secondary N) is 2. The number of benzene rings is 1. The summed E-state index contributed by atoms with van der Waals surface area (Å²) in [6.45, 7) is 6.28. The third kappa shape index (κ3) is 4.70. The van der Waals surface area contributed by atoms with Gasteiger partial charge in [0.1, 0.15) is 5.75 Å². The minimum absolute atomic E-state index is 0.0585. The molecule has 37 heavy (non-hydrogen) atoms.